The third kappa shape index (κ3) is 3.67. The molecular weight excluding hydrogens is 242 g/mol. The predicted molar refractivity (Wildman–Crippen MR) is 77.9 cm³/mol. The minimum atomic E-state index is 0.263. The van der Waals surface area contributed by atoms with Crippen molar-refractivity contribution in [3.63, 3.8) is 0 Å². The molecule has 1 N–H and O–H groups in total. The fourth-order valence-electron chi connectivity index (χ4n) is 1.74. The van der Waals surface area contributed by atoms with Gasteiger partial charge in [-0.25, -0.2) is 0 Å². The van der Waals surface area contributed by atoms with Crippen molar-refractivity contribution in [2.45, 2.75) is 19.6 Å². The lowest BCUT2D eigenvalue weighted by Crippen LogP contribution is -2.25. The van der Waals surface area contributed by atoms with Gasteiger partial charge in [-0.05, 0) is 29.5 Å². The molecule has 0 aliphatic rings. The quantitative estimate of drug-likeness (QED) is 0.858. The van der Waals surface area contributed by atoms with Crippen LogP contribution in [0.15, 0.2) is 41.8 Å². The van der Waals surface area contributed by atoms with Crippen LogP contribution in [0.1, 0.15) is 11.8 Å². The highest BCUT2D eigenvalue weighted by Gasteiger charge is 2.03. The first-order valence-electron chi connectivity index (χ1n) is 6.16. The molecule has 1 unspecified atom stereocenters. The van der Waals surface area contributed by atoms with Crippen molar-refractivity contribution in [1.29, 1.82) is 0 Å². The summed E-state index contributed by atoms with van der Waals surface area (Å²) in [6, 6.07) is 12.7. The summed E-state index contributed by atoms with van der Waals surface area (Å²) in [6.07, 6.45) is 0.263. The molecule has 0 amide bonds. The van der Waals surface area contributed by atoms with E-state index in [1.165, 1.54) is 16.0 Å². The summed E-state index contributed by atoms with van der Waals surface area (Å²) in [5.41, 5.74) is 2.59. The number of ether oxygens (including phenoxy) is 1. The van der Waals surface area contributed by atoms with Crippen LogP contribution in [0.4, 0.5) is 0 Å². The van der Waals surface area contributed by atoms with Gasteiger partial charge in [0.25, 0.3) is 0 Å². The molecule has 0 spiro atoms. The van der Waals surface area contributed by atoms with Crippen LogP contribution >= 0.6 is 11.3 Å². The Labute approximate surface area is 113 Å². The van der Waals surface area contributed by atoms with Crippen molar-refractivity contribution in [3.8, 4) is 11.1 Å². The molecule has 96 valence electrons. The molecule has 0 aliphatic heterocycles. The minimum Gasteiger partial charge on any atom is -0.380 e. The molecule has 0 fully saturated rings. The Balaban J connectivity index is 1.91. The lowest BCUT2D eigenvalue weighted by molar-refractivity contribution is 0.117. The van der Waals surface area contributed by atoms with Crippen molar-refractivity contribution in [3.05, 3.63) is 46.7 Å². The molecule has 2 nitrogen and oxygen atoms in total. The number of hydrogen-bond donors (Lipinski definition) is 1. The summed E-state index contributed by atoms with van der Waals surface area (Å²) in [5, 5.41) is 5.62. The predicted octanol–water partition coefficient (Wildman–Crippen LogP) is 3.54. The average Bonchev–Trinajstić information content (AvgIpc) is 2.88. The molecule has 1 aromatic carbocycles. The fourth-order valence-corrected chi connectivity index (χ4v) is 2.60. The van der Waals surface area contributed by atoms with E-state index < -0.39 is 0 Å². The zero-order valence-electron chi connectivity index (χ0n) is 10.8. The van der Waals surface area contributed by atoms with Gasteiger partial charge in [0.15, 0.2) is 0 Å². The van der Waals surface area contributed by atoms with Crippen LogP contribution in [-0.4, -0.2) is 19.8 Å². The maximum Gasteiger partial charge on any atom is 0.0667 e. The van der Waals surface area contributed by atoms with E-state index in [0.29, 0.717) is 0 Å². The molecule has 0 aliphatic carbocycles. The van der Waals surface area contributed by atoms with Gasteiger partial charge in [0.05, 0.1) is 6.10 Å². The van der Waals surface area contributed by atoms with Crippen LogP contribution < -0.4 is 5.32 Å². The summed E-state index contributed by atoms with van der Waals surface area (Å²) < 4.78 is 5.20. The lowest BCUT2D eigenvalue weighted by Gasteiger charge is -2.09. The van der Waals surface area contributed by atoms with E-state index >= 15 is 0 Å². The van der Waals surface area contributed by atoms with E-state index in [-0.39, 0.29) is 6.10 Å². The monoisotopic (exact) mass is 261 g/mol. The Morgan fingerprint density at radius 1 is 1.22 bits per heavy atom. The zero-order valence-corrected chi connectivity index (χ0v) is 11.7. The number of methoxy groups -OCH3 is 1. The molecule has 0 saturated carbocycles. The lowest BCUT2D eigenvalue weighted by atomic mass is 10.1. The summed E-state index contributed by atoms with van der Waals surface area (Å²) in [5.74, 6) is 0. The summed E-state index contributed by atoms with van der Waals surface area (Å²) >= 11 is 1.80. The molecule has 0 radical (unpaired) electrons. The fraction of sp³-hybridized carbons (Fsp3) is 0.333. The van der Waals surface area contributed by atoms with Crippen LogP contribution in [-0.2, 0) is 11.3 Å². The van der Waals surface area contributed by atoms with Crippen LogP contribution in [0.3, 0.4) is 0 Å². The number of nitrogens with one attached hydrogen (secondary N) is 1. The van der Waals surface area contributed by atoms with Gasteiger partial charge in [0.2, 0.25) is 0 Å². The van der Waals surface area contributed by atoms with Gasteiger partial charge >= 0.3 is 0 Å². The second-order valence-corrected chi connectivity index (χ2v) is 5.34. The highest BCUT2D eigenvalue weighted by molar-refractivity contribution is 7.10. The number of benzene rings is 1. The molecule has 18 heavy (non-hydrogen) atoms. The Bertz CT molecular complexity index is 466. The first kappa shape index (κ1) is 13.3. The van der Waals surface area contributed by atoms with E-state index in [0.717, 1.165) is 13.1 Å². The summed E-state index contributed by atoms with van der Waals surface area (Å²) in [4.78, 5) is 1.36. The van der Waals surface area contributed by atoms with Crippen LogP contribution in [0, 0.1) is 0 Å². The average molecular weight is 261 g/mol. The second-order valence-electron chi connectivity index (χ2n) is 4.34. The van der Waals surface area contributed by atoms with Crippen molar-refractivity contribution >= 4 is 11.3 Å². The topological polar surface area (TPSA) is 21.3 Å². The van der Waals surface area contributed by atoms with E-state index in [4.69, 9.17) is 4.74 Å². The Kier molecular flexibility index (Phi) is 4.93. The number of rotatable bonds is 6. The number of thiophene rings is 1. The first-order valence-corrected chi connectivity index (χ1v) is 7.04. The van der Waals surface area contributed by atoms with Gasteiger partial charge in [-0.15, -0.1) is 11.3 Å². The maximum atomic E-state index is 5.20. The zero-order chi connectivity index (χ0) is 12.8. The van der Waals surface area contributed by atoms with Gasteiger partial charge in [-0.1, -0.05) is 30.3 Å². The van der Waals surface area contributed by atoms with E-state index in [9.17, 15) is 0 Å². The van der Waals surface area contributed by atoms with E-state index in [1.54, 1.807) is 18.4 Å². The molecule has 1 aromatic heterocycles. The van der Waals surface area contributed by atoms with Gasteiger partial charge in [0, 0.05) is 25.1 Å². The molecule has 1 heterocycles. The largest absolute Gasteiger partial charge is 0.380 e. The van der Waals surface area contributed by atoms with Gasteiger partial charge in [-0.2, -0.15) is 0 Å². The maximum absolute atomic E-state index is 5.20. The Hall–Kier alpha value is -1.16. The van der Waals surface area contributed by atoms with Crippen molar-refractivity contribution in [2.24, 2.45) is 0 Å². The molecule has 2 rings (SSSR count). The third-order valence-corrected chi connectivity index (χ3v) is 3.83. The molecular formula is C15H19NOS. The van der Waals surface area contributed by atoms with Crippen molar-refractivity contribution < 1.29 is 4.74 Å². The highest BCUT2D eigenvalue weighted by atomic mass is 32.1. The van der Waals surface area contributed by atoms with Gasteiger partial charge < -0.3 is 10.1 Å². The standard InChI is InChI=1S/C15H19NOS/c1-12(17-2)9-16-10-15-8-14(11-18-15)13-6-4-3-5-7-13/h3-8,11-12,16H,9-10H2,1-2H3. The smallest absolute Gasteiger partial charge is 0.0667 e. The highest BCUT2D eigenvalue weighted by Crippen LogP contribution is 2.25. The van der Waals surface area contributed by atoms with Crippen LogP contribution in [0.25, 0.3) is 11.1 Å². The molecule has 3 heteroatoms. The normalized spacial score (nSPS) is 12.6. The van der Waals surface area contributed by atoms with E-state index in [1.807, 2.05) is 6.07 Å². The minimum absolute atomic E-state index is 0.263. The molecule has 0 bridgehead atoms. The van der Waals surface area contributed by atoms with Crippen molar-refractivity contribution in [2.75, 3.05) is 13.7 Å². The Morgan fingerprint density at radius 2 is 2.00 bits per heavy atom. The van der Waals surface area contributed by atoms with Crippen LogP contribution in [0.5, 0.6) is 0 Å². The SMILES string of the molecule is COC(C)CNCc1cc(-c2ccccc2)cs1. The van der Waals surface area contributed by atoms with Gasteiger partial charge in [0.1, 0.15) is 0 Å². The summed E-state index contributed by atoms with van der Waals surface area (Å²) in [6.45, 7) is 3.86. The Morgan fingerprint density at radius 3 is 2.72 bits per heavy atom. The molecule has 1 atom stereocenters. The van der Waals surface area contributed by atoms with Crippen LogP contribution in [0.2, 0.25) is 0 Å². The third-order valence-electron chi connectivity index (χ3n) is 2.89. The second kappa shape index (κ2) is 6.69. The summed E-state index contributed by atoms with van der Waals surface area (Å²) in [7, 11) is 1.74. The van der Waals surface area contributed by atoms with Gasteiger partial charge in [-0.3, -0.25) is 0 Å². The first-order chi connectivity index (χ1) is 8.79. The molecule has 2 aromatic rings. The van der Waals surface area contributed by atoms with E-state index in [2.05, 4.69) is 48.0 Å². The van der Waals surface area contributed by atoms with Crippen molar-refractivity contribution in [1.82, 2.24) is 5.32 Å². The number of hydrogen-bond acceptors (Lipinski definition) is 3. The molecule has 0 saturated heterocycles.